The summed E-state index contributed by atoms with van der Waals surface area (Å²) in [6.07, 6.45) is 0. The van der Waals surface area contributed by atoms with Gasteiger partial charge < -0.3 is 10.2 Å². The Bertz CT molecular complexity index is 9.51. The first-order valence-electron chi connectivity index (χ1n) is 0.894. The van der Waals surface area contributed by atoms with Crippen LogP contribution in [0.2, 0.25) is 0 Å². The number of aliphatic hydroxyl groups is 2. The van der Waals surface area contributed by atoms with Gasteiger partial charge in [0.05, 0.1) is 0 Å². The Balaban J connectivity index is -0.00000000500. The van der Waals surface area contributed by atoms with Crippen molar-refractivity contribution in [3.05, 3.63) is 0 Å². The SMILES string of the molecule is CO.CO.[Ac].[Ac]. The van der Waals surface area contributed by atoms with Crippen molar-refractivity contribution >= 4 is 0 Å². The average molecular weight is 518 g/mol. The third-order valence-electron chi connectivity index (χ3n) is 0. The molecule has 0 aromatic carbocycles. The van der Waals surface area contributed by atoms with Crippen LogP contribution in [0.5, 0.6) is 0 Å². The molecule has 0 saturated carbocycles. The molecule has 4 heteroatoms. The average Bonchev–Trinajstić information content (AvgIpc) is 1.50. The maximum absolute atomic E-state index is 7.00. The molecule has 0 fully saturated rings. The maximum atomic E-state index is 7.00. The second-order valence-electron chi connectivity index (χ2n) is 0. The summed E-state index contributed by atoms with van der Waals surface area (Å²) < 4.78 is 0. The van der Waals surface area contributed by atoms with Crippen LogP contribution in [0, 0.1) is 88.1 Å². The summed E-state index contributed by atoms with van der Waals surface area (Å²) in [6, 6.07) is 0. The van der Waals surface area contributed by atoms with Gasteiger partial charge in [-0.1, -0.05) is 0 Å². The van der Waals surface area contributed by atoms with E-state index in [4.69, 9.17) is 10.2 Å². The fourth-order valence-corrected chi connectivity index (χ4v) is 0. The van der Waals surface area contributed by atoms with Crippen molar-refractivity contribution in [3.8, 4) is 0 Å². The summed E-state index contributed by atoms with van der Waals surface area (Å²) in [5.41, 5.74) is 0. The molecule has 0 heterocycles. The summed E-state index contributed by atoms with van der Waals surface area (Å²) in [4.78, 5) is 0. The van der Waals surface area contributed by atoms with Crippen LogP contribution in [0.4, 0.5) is 0 Å². The molecule has 0 aromatic rings. The summed E-state index contributed by atoms with van der Waals surface area (Å²) in [7, 11) is 2.00. The van der Waals surface area contributed by atoms with Gasteiger partial charge in [-0.2, -0.15) is 0 Å². The fraction of sp³-hybridized carbons (Fsp3) is 1.00. The van der Waals surface area contributed by atoms with Crippen LogP contribution in [0.1, 0.15) is 0 Å². The van der Waals surface area contributed by atoms with E-state index in [0.717, 1.165) is 14.2 Å². The Morgan fingerprint density at radius 2 is 0.667 bits per heavy atom. The van der Waals surface area contributed by atoms with E-state index in [-0.39, 0.29) is 88.1 Å². The maximum Gasteiger partial charge on any atom is 0.0319 e. The fourth-order valence-electron chi connectivity index (χ4n) is 0. The van der Waals surface area contributed by atoms with Gasteiger partial charge in [0.15, 0.2) is 0 Å². The Labute approximate surface area is 110 Å². The first-order valence-corrected chi connectivity index (χ1v) is 0.894. The van der Waals surface area contributed by atoms with Gasteiger partial charge in [0.25, 0.3) is 0 Å². The molecule has 0 unspecified atom stereocenters. The molecule has 0 atom stereocenters. The molecule has 0 bridgehead atoms. The molecule has 0 aliphatic rings. The molecule has 0 spiro atoms. The topological polar surface area (TPSA) is 40.5 Å². The van der Waals surface area contributed by atoms with E-state index in [2.05, 4.69) is 0 Å². The summed E-state index contributed by atoms with van der Waals surface area (Å²) in [5.74, 6) is 0. The Hall–Kier alpha value is 2.80. The van der Waals surface area contributed by atoms with Gasteiger partial charge in [-0.05, 0) is 0 Å². The minimum atomic E-state index is 0. The largest absolute Gasteiger partial charge is 0.400 e. The second kappa shape index (κ2) is 46.0. The molecule has 0 aromatic heterocycles. The third-order valence-corrected chi connectivity index (χ3v) is 0. The zero-order valence-corrected chi connectivity index (χ0v) is 13.5. The van der Waals surface area contributed by atoms with E-state index in [1.807, 2.05) is 0 Å². The normalized spacial score (nSPS) is 2.00. The number of hydrogen-bond donors (Lipinski definition) is 2. The molecule has 2 N–H and O–H groups in total. The standard InChI is InChI=1S/2CH4O.2Ac/c2*1-2;;/h2*2H,1H3;;. The second-order valence-corrected chi connectivity index (χ2v) is 0. The third kappa shape index (κ3) is 29.2. The number of aliphatic hydroxyl groups excluding tert-OH is 2. The van der Waals surface area contributed by atoms with Crippen LogP contribution in [-0.2, 0) is 0 Å². The van der Waals surface area contributed by atoms with Crippen LogP contribution in [0.15, 0.2) is 0 Å². The van der Waals surface area contributed by atoms with E-state index in [1.165, 1.54) is 0 Å². The van der Waals surface area contributed by atoms with E-state index >= 15 is 0 Å². The van der Waals surface area contributed by atoms with Crippen molar-refractivity contribution in [1.82, 2.24) is 0 Å². The van der Waals surface area contributed by atoms with E-state index in [0.29, 0.717) is 0 Å². The Morgan fingerprint density at radius 1 is 0.667 bits per heavy atom. The molecule has 0 saturated heterocycles. The van der Waals surface area contributed by atoms with Crippen molar-refractivity contribution in [2.45, 2.75) is 0 Å². The van der Waals surface area contributed by atoms with Gasteiger partial charge in [0.1, 0.15) is 0 Å². The van der Waals surface area contributed by atoms with Crippen molar-refractivity contribution < 1.29 is 98.3 Å². The van der Waals surface area contributed by atoms with Crippen LogP contribution in [0.25, 0.3) is 0 Å². The van der Waals surface area contributed by atoms with Crippen LogP contribution < -0.4 is 0 Å². The monoisotopic (exact) mass is 518 g/mol. The van der Waals surface area contributed by atoms with Crippen molar-refractivity contribution in [2.75, 3.05) is 14.2 Å². The van der Waals surface area contributed by atoms with E-state index < -0.39 is 0 Å². The molecule has 34 valence electrons. The molecule has 6 heavy (non-hydrogen) atoms. The predicted molar refractivity (Wildman–Crippen MR) is 16.3 cm³/mol. The quantitative estimate of drug-likeness (QED) is 0.442. The van der Waals surface area contributed by atoms with Crippen LogP contribution >= 0.6 is 0 Å². The number of hydrogen-bond acceptors (Lipinski definition) is 2. The molecule has 2 radical (unpaired) electrons. The molecule has 0 amide bonds. The van der Waals surface area contributed by atoms with Gasteiger partial charge in [-0.25, -0.2) is 0 Å². The Kier molecular flexibility index (Phi) is 178. The first kappa shape index (κ1) is 23.2. The predicted octanol–water partition coefficient (Wildman–Crippen LogP) is -0.783. The van der Waals surface area contributed by atoms with Crippen LogP contribution in [0.3, 0.4) is 0 Å². The summed E-state index contributed by atoms with van der Waals surface area (Å²) in [6.45, 7) is 0. The van der Waals surface area contributed by atoms with Crippen molar-refractivity contribution in [3.63, 3.8) is 0 Å². The van der Waals surface area contributed by atoms with Crippen LogP contribution in [-0.4, -0.2) is 24.4 Å². The van der Waals surface area contributed by atoms with E-state index in [1.54, 1.807) is 0 Å². The van der Waals surface area contributed by atoms with Gasteiger partial charge in [-0.15, -0.1) is 0 Å². The molecule has 2 nitrogen and oxygen atoms in total. The van der Waals surface area contributed by atoms with Gasteiger partial charge in [0.2, 0.25) is 0 Å². The molecule has 0 rings (SSSR count). The molecule has 0 aliphatic carbocycles. The summed E-state index contributed by atoms with van der Waals surface area (Å²) in [5, 5.41) is 14.0. The molecular formula is C2H8Ac2O2. The van der Waals surface area contributed by atoms with Gasteiger partial charge >= 0.3 is 0 Å². The summed E-state index contributed by atoms with van der Waals surface area (Å²) >= 11 is 0. The van der Waals surface area contributed by atoms with Gasteiger partial charge in [-0.3, -0.25) is 0 Å². The molecular weight excluding hydrogens is 510 g/mol. The number of rotatable bonds is 0. The smallest absolute Gasteiger partial charge is 0.0319 e. The first-order chi connectivity index (χ1) is 2.00. The zero-order valence-electron chi connectivity index (χ0n) is 4.05. The van der Waals surface area contributed by atoms with Crippen molar-refractivity contribution in [1.29, 1.82) is 0 Å². The minimum absolute atomic E-state index is 0. The van der Waals surface area contributed by atoms with Gasteiger partial charge in [0, 0.05) is 102 Å². The molecule has 0 aliphatic heterocycles. The zero-order chi connectivity index (χ0) is 4.00. The Morgan fingerprint density at radius 3 is 0.667 bits per heavy atom. The van der Waals surface area contributed by atoms with E-state index in [9.17, 15) is 0 Å². The minimum Gasteiger partial charge on any atom is -0.400 e. The van der Waals surface area contributed by atoms with Crippen molar-refractivity contribution in [2.24, 2.45) is 0 Å².